The van der Waals surface area contributed by atoms with Gasteiger partial charge in [-0.2, -0.15) is 0 Å². The van der Waals surface area contributed by atoms with Crippen LogP contribution in [0.15, 0.2) is 0 Å². The second-order valence-electron chi connectivity index (χ2n) is 5.29. The number of nitrogens with zero attached hydrogens (tertiary/aromatic N) is 1. The Balaban J connectivity index is 1.93. The molecule has 0 bridgehead atoms. The lowest BCUT2D eigenvalue weighted by molar-refractivity contribution is 0.0356. The minimum absolute atomic E-state index is 0.370. The van der Waals surface area contributed by atoms with Crippen LogP contribution in [0.5, 0.6) is 0 Å². The summed E-state index contributed by atoms with van der Waals surface area (Å²) in [5, 5.41) is 13.1. The molecule has 0 spiro atoms. The Hall–Kier alpha value is -0.160. The highest BCUT2D eigenvalue weighted by molar-refractivity contribution is 4.76. The Morgan fingerprint density at radius 2 is 2.28 bits per heavy atom. The van der Waals surface area contributed by atoms with Crippen LogP contribution in [-0.2, 0) is 4.74 Å². The summed E-state index contributed by atoms with van der Waals surface area (Å²) in [7, 11) is 0. The van der Waals surface area contributed by atoms with E-state index in [2.05, 4.69) is 24.1 Å². The Labute approximate surface area is 112 Å². The normalized spacial score (nSPS) is 22.5. The quantitative estimate of drug-likeness (QED) is 0.576. The lowest BCUT2D eigenvalue weighted by Crippen LogP contribution is -2.34. The van der Waals surface area contributed by atoms with Crippen LogP contribution in [0, 0.1) is 5.92 Å². The predicted molar refractivity (Wildman–Crippen MR) is 74.8 cm³/mol. The summed E-state index contributed by atoms with van der Waals surface area (Å²) in [5.41, 5.74) is 0. The molecule has 0 aliphatic carbocycles. The van der Waals surface area contributed by atoms with Crippen LogP contribution in [0.2, 0.25) is 0 Å². The van der Waals surface area contributed by atoms with E-state index in [9.17, 15) is 5.11 Å². The molecule has 108 valence electrons. The van der Waals surface area contributed by atoms with Gasteiger partial charge in [0.15, 0.2) is 0 Å². The molecule has 1 rings (SSSR count). The fraction of sp³-hybridized carbons (Fsp3) is 1.00. The molecular formula is C14H30N2O2. The predicted octanol–water partition coefficient (Wildman–Crippen LogP) is 1.10. The van der Waals surface area contributed by atoms with Gasteiger partial charge in [-0.05, 0) is 38.4 Å². The van der Waals surface area contributed by atoms with Crippen LogP contribution in [0.25, 0.3) is 0 Å². The van der Waals surface area contributed by atoms with Crippen molar-refractivity contribution in [2.24, 2.45) is 5.92 Å². The molecule has 18 heavy (non-hydrogen) atoms. The van der Waals surface area contributed by atoms with Crippen LogP contribution in [0.3, 0.4) is 0 Å². The minimum Gasteiger partial charge on any atom is -0.389 e. The van der Waals surface area contributed by atoms with E-state index in [1.54, 1.807) is 0 Å². The number of aliphatic hydroxyl groups excluding tert-OH is 1. The highest BCUT2D eigenvalue weighted by Crippen LogP contribution is 2.14. The summed E-state index contributed by atoms with van der Waals surface area (Å²) in [6.07, 6.45) is 3.13. The van der Waals surface area contributed by atoms with Gasteiger partial charge in [-0.15, -0.1) is 0 Å². The number of unbranched alkanes of at least 4 members (excludes halogenated alkanes) is 1. The molecule has 0 saturated carbocycles. The zero-order chi connectivity index (χ0) is 13.2. The minimum atomic E-state index is -0.370. The third-order valence-corrected chi connectivity index (χ3v) is 3.58. The molecule has 0 amide bonds. The van der Waals surface area contributed by atoms with Gasteiger partial charge in [0, 0.05) is 19.7 Å². The van der Waals surface area contributed by atoms with E-state index in [4.69, 9.17) is 4.74 Å². The molecule has 0 aromatic carbocycles. The van der Waals surface area contributed by atoms with Gasteiger partial charge >= 0.3 is 0 Å². The lowest BCUT2D eigenvalue weighted by atomic mass is 10.1. The van der Waals surface area contributed by atoms with Gasteiger partial charge in [0.05, 0.1) is 12.7 Å². The highest BCUT2D eigenvalue weighted by atomic mass is 16.5. The van der Waals surface area contributed by atoms with Gasteiger partial charge in [0.25, 0.3) is 0 Å². The van der Waals surface area contributed by atoms with E-state index in [1.807, 2.05) is 0 Å². The topological polar surface area (TPSA) is 44.7 Å². The molecule has 1 fully saturated rings. The van der Waals surface area contributed by atoms with E-state index in [0.29, 0.717) is 13.2 Å². The zero-order valence-corrected chi connectivity index (χ0v) is 12.0. The maximum atomic E-state index is 9.72. The van der Waals surface area contributed by atoms with Crippen LogP contribution in [0.4, 0.5) is 0 Å². The number of likely N-dealkylation sites (tertiary alicyclic amines) is 1. The van der Waals surface area contributed by atoms with Crippen molar-refractivity contribution in [2.45, 2.75) is 39.2 Å². The van der Waals surface area contributed by atoms with Gasteiger partial charge in [-0.25, -0.2) is 0 Å². The van der Waals surface area contributed by atoms with Gasteiger partial charge in [-0.1, -0.05) is 20.3 Å². The van der Waals surface area contributed by atoms with Crippen molar-refractivity contribution >= 4 is 0 Å². The van der Waals surface area contributed by atoms with E-state index in [-0.39, 0.29) is 6.10 Å². The molecule has 1 aliphatic heterocycles. The second-order valence-corrected chi connectivity index (χ2v) is 5.29. The first kappa shape index (κ1) is 15.9. The van der Waals surface area contributed by atoms with E-state index in [1.165, 1.54) is 19.5 Å². The van der Waals surface area contributed by atoms with Crippen molar-refractivity contribution in [3.63, 3.8) is 0 Å². The summed E-state index contributed by atoms with van der Waals surface area (Å²) in [6.45, 7) is 10.8. The first-order valence-electron chi connectivity index (χ1n) is 7.45. The van der Waals surface area contributed by atoms with E-state index < -0.39 is 0 Å². The molecule has 1 saturated heterocycles. The van der Waals surface area contributed by atoms with Crippen molar-refractivity contribution in [3.8, 4) is 0 Å². The molecule has 2 unspecified atom stereocenters. The zero-order valence-electron chi connectivity index (χ0n) is 12.0. The van der Waals surface area contributed by atoms with Gasteiger partial charge in [0.2, 0.25) is 0 Å². The van der Waals surface area contributed by atoms with Crippen molar-refractivity contribution in [3.05, 3.63) is 0 Å². The van der Waals surface area contributed by atoms with Crippen LogP contribution >= 0.6 is 0 Å². The number of hydrogen-bond acceptors (Lipinski definition) is 4. The molecular weight excluding hydrogens is 228 g/mol. The number of aliphatic hydroxyl groups is 1. The number of hydrogen-bond donors (Lipinski definition) is 2. The fourth-order valence-electron chi connectivity index (χ4n) is 2.35. The average Bonchev–Trinajstić information content (AvgIpc) is 2.83. The van der Waals surface area contributed by atoms with Crippen molar-refractivity contribution in [2.75, 3.05) is 45.9 Å². The van der Waals surface area contributed by atoms with Crippen molar-refractivity contribution in [1.82, 2.24) is 10.2 Å². The molecule has 1 heterocycles. The van der Waals surface area contributed by atoms with Gasteiger partial charge in [-0.3, -0.25) is 0 Å². The Morgan fingerprint density at radius 3 is 2.94 bits per heavy atom. The smallest absolute Gasteiger partial charge is 0.0897 e. The summed E-state index contributed by atoms with van der Waals surface area (Å²) in [6, 6.07) is 0. The van der Waals surface area contributed by atoms with Gasteiger partial charge < -0.3 is 20.1 Å². The Kier molecular flexibility index (Phi) is 8.59. The first-order valence-corrected chi connectivity index (χ1v) is 7.45. The monoisotopic (exact) mass is 258 g/mol. The Morgan fingerprint density at radius 1 is 1.44 bits per heavy atom. The van der Waals surface area contributed by atoms with Crippen LogP contribution < -0.4 is 5.32 Å². The average molecular weight is 258 g/mol. The molecule has 4 nitrogen and oxygen atoms in total. The molecule has 2 N–H and O–H groups in total. The summed E-state index contributed by atoms with van der Waals surface area (Å²) >= 11 is 0. The summed E-state index contributed by atoms with van der Waals surface area (Å²) in [4.78, 5) is 2.48. The molecule has 0 aromatic heterocycles. The maximum absolute atomic E-state index is 9.72. The largest absolute Gasteiger partial charge is 0.389 e. The maximum Gasteiger partial charge on any atom is 0.0897 e. The SMILES string of the molecule is CCCCOCC(O)CNCC1CCN(CC)C1. The van der Waals surface area contributed by atoms with E-state index in [0.717, 1.165) is 38.5 Å². The molecule has 0 aromatic rings. The number of rotatable bonds is 10. The van der Waals surface area contributed by atoms with Crippen LogP contribution in [-0.4, -0.2) is 62.0 Å². The van der Waals surface area contributed by atoms with Crippen molar-refractivity contribution < 1.29 is 9.84 Å². The molecule has 1 aliphatic rings. The molecule has 4 heteroatoms. The number of ether oxygens (including phenoxy) is 1. The molecule has 0 radical (unpaired) electrons. The second kappa shape index (κ2) is 9.73. The third-order valence-electron chi connectivity index (χ3n) is 3.58. The van der Waals surface area contributed by atoms with E-state index >= 15 is 0 Å². The molecule has 2 atom stereocenters. The van der Waals surface area contributed by atoms with Gasteiger partial charge in [0.1, 0.15) is 0 Å². The first-order chi connectivity index (χ1) is 8.76. The highest BCUT2D eigenvalue weighted by Gasteiger charge is 2.20. The lowest BCUT2D eigenvalue weighted by Gasteiger charge is -2.16. The standard InChI is InChI=1S/C14H30N2O2/c1-3-5-8-18-12-14(17)10-15-9-13-6-7-16(4-2)11-13/h13-15,17H,3-12H2,1-2H3. The Bertz CT molecular complexity index is 202. The fourth-order valence-corrected chi connectivity index (χ4v) is 2.35. The third kappa shape index (κ3) is 6.69. The summed E-state index contributed by atoms with van der Waals surface area (Å²) < 4.78 is 5.39. The summed E-state index contributed by atoms with van der Waals surface area (Å²) in [5.74, 6) is 0.748. The number of nitrogens with one attached hydrogen (secondary N) is 1. The van der Waals surface area contributed by atoms with Crippen molar-refractivity contribution in [1.29, 1.82) is 0 Å². The van der Waals surface area contributed by atoms with Crippen LogP contribution in [0.1, 0.15) is 33.1 Å².